The van der Waals surface area contributed by atoms with Crippen LogP contribution in [-0.4, -0.2) is 23.0 Å². The first-order chi connectivity index (χ1) is 19.8. The van der Waals surface area contributed by atoms with Crippen LogP contribution in [-0.2, 0) is 9.59 Å². The summed E-state index contributed by atoms with van der Waals surface area (Å²) >= 11 is 10.9. The molecule has 0 radical (unpaired) electrons. The number of halogens is 2. The zero-order valence-electron chi connectivity index (χ0n) is 22.1. The van der Waals surface area contributed by atoms with Gasteiger partial charge in [0.2, 0.25) is 5.91 Å². The second kappa shape index (κ2) is 14.7. The molecule has 9 heteroatoms. The van der Waals surface area contributed by atoms with Crippen molar-refractivity contribution in [1.82, 2.24) is 5.32 Å². The fourth-order valence-electron chi connectivity index (χ4n) is 3.79. The summed E-state index contributed by atoms with van der Waals surface area (Å²) in [6.07, 6.45) is 2.22. The lowest BCUT2D eigenvalue weighted by molar-refractivity contribution is -0.116. The molecule has 0 spiro atoms. The molecule has 3 amide bonds. The summed E-state index contributed by atoms with van der Waals surface area (Å²) < 4.78 is 0.898. The van der Waals surface area contributed by atoms with Crippen LogP contribution in [0.3, 0.4) is 0 Å². The van der Waals surface area contributed by atoms with Gasteiger partial charge < -0.3 is 16.0 Å². The van der Waals surface area contributed by atoms with Gasteiger partial charge in [-0.15, -0.1) is 11.8 Å². The van der Waals surface area contributed by atoms with E-state index in [0.29, 0.717) is 28.4 Å². The van der Waals surface area contributed by atoms with Gasteiger partial charge in [-0.1, -0.05) is 76.9 Å². The minimum atomic E-state index is -0.481. The van der Waals surface area contributed by atoms with Gasteiger partial charge in [0.25, 0.3) is 11.8 Å². The number of rotatable bonds is 10. The van der Waals surface area contributed by atoms with E-state index in [9.17, 15) is 14.4 Å². The molecule has 4 rings (SSSR count). The smallest absolute Gasteiger partial charge is 0.272 e. The summed E-state index contributed by atoms with van der Waals surface area (Å²) in [5, 5.41) is 8.71. The number of hydrogen-bond donors (Lipinski definition) is 3. The number of benzene rings is 4. The number of carbonyl (C=O) groups excluding carboxylic acids is 3. The molecule has 0 aliphatic carbocycles. The van der Waals surface area contributed by atoms with Crippen LogP contribution in [0.1, 0.15) is 29.3 Å². The Bertz CT molecular complexity index is 1560. The molecule has 0 aliphatic rings. The molecule has 1 atom stereocenters. The van der Waals surface area contributed by atoms with E-state index in [1.807, 2.05) is 43.3 Å². The van der Waals surface area contributed by atoms with Gasteiger partial charge in [-0.3, -0.25) is 14.4 Å². The number of hydrogen-bond acceptors (Lipinski definition) is 4. The normalized spacial score (nSPS) is 11.8. The van der Waals surface area contributed by atoms with Gasteiger partial charge in [-0.2, -0.15) is 0 Å². The molecule has 4 aromatic carbocycles. The van der Waals surface area contributed by atoms with Crippen molar-refractivity contribution in [2.24, 2.45) is 0 Å². The quantitative estimate of drug-likeness (QED) is 0.120. The van der Waals surface area contributed by atoms with Gasteiger partial charge in [0.15, 0.2) is 0 Å². The first-order valence-electron chi connectivity index (χ1n) is 12.8. The Labute approximate surface area is 256 Å². The fourth-order valence-corrected chi connectivity index (χ4v) is 5.26. The Morgan fingerprint density at radius 3 is 2.22 bits per heavy atom. The van der Waals surface area contributed by atoms with Gasteiger partial charge >= 0.3 is 0 Å². The van der Waals surface area contributed by atoms with E-state index in [4.69, 9.17) is 11.6 Å². The zero-order chi connectivity index (χ0) is 29.2. The second-order valence-corrected chi connectivity index (χ2v) is 11.6. The highest BCUT2D eigenvalue weighted by Gasteiger charge is 2.19. The maximum absolute atomic E-state index is 13.4. The molecule has 0 aromatic heterocycles. The molecule has 6 nitrogen and oxygen atoms in total. The molecular weight excluding hydrogens is 622 g/mol. The second-order valence-electron chi connectivity index (χ2n) is 8.93. The molecule has 208 valence electrons. The van der Waals surface area contributed by atoms with Crippen LogP contribution in [0.15, 0.2) is 118 Å². The third kappa shape index (κ3) is 9.08. The van der Waals surface area contributed by atoms with Crippen LogP contribution in [0.5, 0.6) is 0 Å². The molecule has 0 saturated heterocycles. The topological polar surface area (TPSA) is 87.3 Å². The molecule has 0 heterocycles. The first-order valence-corrected chi connectivity index (χ1v) is 14.8. The third-order valence-electron chi connectivity index (χ3n) is 5.84. The summed E-state index contributed by atoms with van der Waals surface area (Å²) in [6.45, 7) is 1.94. The summed E-state index contributed by atoms with van der Waals surface area (Å²) in [4.78, 5) is 40.0. The number of carbonyl (C=O) groups is 3. The largest absolute Gasteiger partial charge is 0.325 e. The highest BCUT2D eigenvalue weighted by atomic mass is 79.9. The number of nitrogens with one attached hydrogen (secondary N) is 3. The predicted octanol–water partition coefficient (Wildman–Crippen LogP) is 8.02. The minimum absolute atomic E-state index is 0.0894. The van der Waals surface area contributed by atoms with Crippen LogP contribution in [0, 0.1) is 0 Å². The van der Waals surface area contributed by atoms with Gasteiger partial charge in [-0.05, 0) is 78.7 Å². The van der Waals surface area contributed by atoms with E-state index < -0.39 is 11.8 Å². The Hall–Kier alpha value is -3.85. The van der Waals surface area contributed by atoms with E-state index >= 15 is 0 Å². The Kier molecular flexibility index (Phi) is 10.8. The highest BCUT2D eigenvalue weighted by molar-refractivity contribution is 9.10. The first kappa shape index (κ1) is 30.1. The molecule has 0 fully saturated rings. The average Bonchev–Trinajstić information content (AvgIpc) is 2.97. The molecule has 0 saturated carbocycles. The van der Waals surface area contributed by atoms with Crippen molar-refractivity contribution in [3.05, 3.63) is 129 Å². The lowest BCUT2D eigenvalue weighted by Crippen LogP contribution is -2.30. The number of amides is 3. The standard InChI is InChI=1S/C32H27BrClN3O3S/c1-2-29(32(40)36-25-11-6-10-24(34)19-25)41-27-13-7-12-26(20-27)35-31(39)28(18-21-14-16-23(33)17-15-21)37-30(38)22-8-4-3-5-9-22/h3-20,29H,2H2,1H3,(H,35,39)(H,36,40)(H,37,38)/b28-18-. The predicted molar refractivity (Wildman–Crippen MR) is 171 cm³/mol. The van der Waals surface area contributed by atoms with Crippen molar-refractivity contribution in [3.63, 3.8) is 0 Å². The molecular formula is C32H27BrClN3O3S. The maximum atomic E-state index is 13.4. The van der Waals surface area contributed by atoms with Crippen molar-refractivity contribution in [2.45, 2.75) is 23.5 Å². The van der Waals surface area contributed by atoms with E-state index in [2.05, 4.69) is 31.9 Å². The van der Waals surface area contributed by atoms with Crippen molar-refractivity contribution in [2.75, 3.05) is 10.6 Å². The Morgan fingerprint density at radius 2 is 1.54 bits per heavy atom. The van der Waals surface area contributed by atoms with Gasteiger partial charge in [-0.25, -0.2) is 0 Å². The third-order valence-corrected chi connectivity index (χ3v) is 7.96. The minimum Gasteiger partial charge on any atom is -0.325 e. The molecule has 41 heavy (non-hydrogen) atoms. The van der Waals surface area contributed by atoms with E-state index in [1.165, 1.54) is 11.8 Å². The van der Waals surface area contributed by atoms with E-state index in [-0.39, 0.29) is 16.9 Å². The van der Waals surface area contributed by atoms with Gasteiger partial charge in [0.05, 0.1) is 5.25 Å². The molecule has 0 bridgehead atoms. The maximum Gasteiger partial charge on any atom is 0.272 e. The van der Waals surface area contributed by atoms with Gasteiger partial charge in [0.1, 0.15) is 5.70 Å². The van der Waals surface area contributed by atoms with Crippen molar-refractivity contribution < 1.29 is 14.4 Å². The number of anilines is 2. The van der Waals surface area contributed by atoms with Crippen molar-refractivity contribution in [3.8, 4) is 0 Å². The lowest BCUT2D eigenvalue weighted by atomic mass is 10.1. The van der Waals surface area contributed by atoms with Crippen LogP contribution < -0.4 is 16.0 Å². The summed E-state index contributed by atoms with van der Waals surface area (Å²) in [6, 6.07) is 30.3. The summed E-state index contributed by atoms with van der Waals surface area (Å²) in [7, 11) is 0. The van der Waals surface area contributed by atoms with Crippen molar-refractivity contribution in [1.29, 1.82) is 0 Å². The van der Waals surface area contributed by atoms with Crippen LogP contribution in [0.4, 0.5) is 11.4 Å². The number of thioether (sulfide) groups is 1. The van der Waals surface area contributed by atoms with E-state index in [1.54, 1.807) is 72.8 Å². The van der Waals surface area contributed by atoms with Crippen LogP contribution >= 0.6 is 39.3 Å². The Balaban J connectivity index is 1.49. The summed E-state index contributed by atoms with van der Waals surface area (Å²) in [5.41, 5.74) is 2.42. The lowest BCUT2D eigenvalue weighted by Gasteiger charge is -2.16. The molecule has 0 aliphatic heterocycles. The Morgan fingerprint density at radius 1 is 0.854 bits per heavy atom. The van der Waals surface area contributed by atoms with Crippen molar-refractivity contribution >= 4 is 74.5 Å². The molecule has 4 aromatic rings. The van der Waals surface area contributed by atoms with Crippen LogP contribution in [0.2, 0.25) is 5.02 Å². The van der Waals surface area contributed by atoms with Gasteiger partial charge in [0, 0.05) is 31.3 Å². The monoisotopic (exact) mass is 647 g/mol. The SMILES string of the molecule is CCC(Sc1cccc(NC(=O)/C(=C/c2ccc(Br)cc2)NC(=O)c2ccccc2)c1)C(=O)Nc1cccc(Cl)c1. The zero-order valence-corrected chi connectivity index (χ0v) is 25.2. The van der Waals surface area contributed by atoms with Crippen LogP contribution in [0.25, 0.3) is 6.08 Å². The fraction of sp³-hybridized carbons (Fsp3) is 0.0938. The highest BCUT2D eigenvalue weighted by Crippen LogP contribution is 2.29. The van der Waals surface area contributed by atoms with E-state index in [0.717, 1.165) is 14.9 Å². The molecule has 3 N–H and O–H groups in total. The molecule has 1 unspecified atom stereocenters. The summed E-state index contributed by atoms with van der Waals surface area (Å²) in [5.74, 6) is -1.02. The average molecular weight is 649 g/mol.